The Labute approximate surface area is 233 Å². The highest BCUT2D eigenvalue weighted by Gasteiger charge is 2.32. The molecule has 1 aliphatic heterocycles. The topological polar surface area (TPSA) is 154 Å². The number of phenolic OH excluding ortho intramolecular Hbond substituents is 1. The van der Waals surface area contributed by atoms with Crippen LogP contribution in [0.2, 0.25) is 0 Å². The molecule has 0 saturated heterocycles. The summed E-state index contributed by atoms with van der Waals surface area (Å²) < 4.78 is 16.4. The summed E-state index contributed by atoms with van der Waals surface area (Å²) in [4.78, 5) is 26.6. The van der Waals surface area contributed by atoms with E-state index < -0.39 is 24.3 Å². The molecule has 1 heterocycles. The zero-order valence-electron chi connectivity index (χ0n) is 23.4. The smallest absolute Gasteiger partial charge is 0.337 e. The number of aliphatic hydroxyl groups excluding tert-OH is 1. The van der Waals surface area contributed by atoms with Crippen LogP contribution in [0, 0.1) is 0 Å². The molecule has 0 spiro atoms. The normalized spacial score (nSPS) is 15.8. The van der Waals surface area contributed by atoms with Crippen LogP contribution >= 0.6 is 0 Å². The van der Waals surface area contributed by atoms with Crippen molar-refractivity contribution in [1.29, 1.82) is 0 Å². The number of hydrazone groups is 1. The van der Waals surface area contributed by atoms with E-state index in [9.17, 15) is 19.8 Å². The Balaban J connectivity index is 1.67. The molecule has 40 heavy (non-hydrogen) atoms. The molecule has 216 valence electrons. The van der Waals surface area contributed by atoms with Crippen molar-refractivity contribution in [1.82, 2.24) is 16.1 Å². The number of methoxy groups -OCH3 is 1. The van der Waals surface area contributed by atoms with E-state index in [1.807, 2.05) is 26.8 Å². The van der Waals surface area contributed by atoms with Crippen LogP contribution in [0.4, 0.5) is 10.5 Å². The Kier molecular flexibility index (Phi) is 10.6. The molecule has 0 radical (unpaired) electrons. The lowest BCUT2D eigenvalue weighted by Crippen LogP contribution is -2.45. The first kappa shape index (κ1) is 30.1. The first-order valence-corrected chi connectivity index (χ1v) is 13.0. The summed E-state index contributed by atoms with van der Waals surface area (Å²) in [6, 6.07) is 9.09. The van der Waals surface area contributed by atoms with Crippen molar-refractivity contribution in [3.8, 4) is 17.2 Å². The van der Waals surface area contributed by atoms with Gasteiger partial charge in [0.2, 0.25) is 0 Å². The first-order chi connectivity index (χ1) is 19.2. The molecule has 2 atom stereocenters. The Bertz CT molecular complexity index is 1260. The number of benzene rings is 2. The minimum atomic E-state index is -1.16. The number of carbonyl (C=O) groups is 2. The molecule has 0 bridgehead atoms. The second kappa shape index (κ2) is 14.1. The minimum Gasteiger partial charge on any atom is -0.507 e. The number of urea groups is 1. The molecule has 12 heteroatoms. The third-order valence-corrected chi connectivity index (χ3v) is 6.24. The van der Waals surface area contributed by atoms with Crippen LogP contribution in [-0.4, -0.2) is 68.1 Å². The van der Waals surface area contributed by atoms with Crippen LogP contribution in [-0.2, 0) is 9.53 Å². The first-order valence-electron chi connectivity index (χ1n) is 13.0. The van der Waals surface area contributed by atoms with E-state index >= 15 is 0 Å². The third kappa shape index (κ3) is 7.35. The van der Waals surface area contributed by atoms with E-state index in [-0.39, 0.29) is 17.9 Å². The maximum atomic E-state index is 12.4. The Morgan fingerprint density at radius 1 is 1.15 bits per heavy atom. The number of nitrogens with one attached hydrogen (secondary N) is 3. The minimum absolute atomic E-state index is 0.0764. The fourth-order valence-electron chi connectivity index (χ4n) is 4.24. The van der Waals surface area contributed by atoms with E-state index in [2.05, 4.69) is 26.1 Å². The number of anilines is 1. The fraction of sp³-hybridized carbons (Fsp3) is 0.393. The largest absolute Gasteiger partial charge is 0.507 e. The van der Waals surface area contributed by atoms with Gasteiger partial charge in [-0.15, -0.1) is 0 Å². The van der Waals surface area contributed by atoms with Gasteiger partial charge in [0.25, 0.3) is 0 Å². The zero-order valence-corrected chi connectivity index (χ0v) is 23.4. The highest BCUT2D eigenvalue weighted by atomic mass is 16.5. The lowest BCUT2D eigenvalue weighted by atomic mass is 9.95. The van der Waals surface area contributed by atoms with Gasteiger partial charge in [-0.1, -0.05) is 6.07 Å². The number of allylic oxidation sites excluding steroid dienone is 1. The second-order valence-corrected chi connectivity index (χ2v) is 8.83. The van der Waals surface area contributed by atoms with Gasteiger partial charge in [0.15, 0.2) is 17.7 Å². The van der Waals surface area contributed by atoms with Gasteiger partial charge in [-0.3, -0.25) is 5.43 Å². The lowest BCUT2D eigenvalue weighted by molar-refractivity contribution is -0.136. The molecular formula is C28H37N5O7. The monoisotopic (exact) mass is 555 g/mol. The van der Waals surface area contributed by atoms with Crippen molar-refractivity contribution in [2.75, 3.05) is 38.3 Å². The number of carbonyl (C=O) groups excluding carboxylic acids is 2. The molecule has 0 unspecified atom stereocenters. The van der Waals surface area contributed by atoms with Gasteiger partial charge in [0, 0.05) is 36.1 Å². The van der Waals surface area contributed by atoms with Crippen molar-refractivity contribution in [3.05, 3.63) is 58.8 Å². The molecule has 3 rings (SSSR count). The lowest BCUT2D eigenvalue weighted by Gasteiger charge is -2.28. The Morgan fingerprint density at radius 2 is 1.90 bits per heavy atom. The zero-order chi connectivity index (χ0) is 29.2. The predicted molar refractivity (Wildman–Crippen MR) is 151 cm³/mol. The average Bonchev–Trinajstić information content (AvgIpc) is 2.93. The van der Waals surface area contributed by atoms with Gasteiger partial charge < -0.3 is 40.0 Å². The van der Waals surface area contributed by atoms with E-state index in [1.165, 1.54) is 13.3 Å². The molecule has 0 aromatic heterocycles. The van der Waals surface area contributed by atoms with Crippen molar-refractivity contribution in [2.45, 2.75) is 40.0 Å². The van der Waals surface area contributed by atoms with Crippen molar-refractivity contribution >= 4 is 23.9 Å². The van der Waals surface area contributed by atoms with Gasteiger partial charge in [-0.25, -0.2) is 9.59 Å². The van der Waals surface area contributed by atoms with E-state index in [0.29, 0.717) is 34.9 Å². The highest BCUT2D eigenvalue weighted by molar-refractivity contribution is 5.95. The van der Waals surface area contributed by atoms with E-state index in [4.69, 9.17) is 14.2 Å². The highest BCUT2D eigenvalue weighted by Crippen LogP contribution is 2.35. The Morgan fingerprint density at radius 3 is 2.55 bits per heavy atom. The van der Waals surface area contributed by atoms with Crippen molar-refractivity contribution in [2.24, 2.45) is 5.10 Å². The predicted octanol–water partition coefficient (Wildman–Crippen LogP) is 2.76. The number of phenols is 1. The third-order valence-electron chi connectivity index (χ3n) is 6.24. The molecule has 0 aliphatic carbocycles. The molecule has 2 amide bonds. The van der Waals surface area contributed by atoms with Crippen LogP contribution < -0.4 is 30.4 Å². The van der Waals surface area contributed by atoms with Crippen LogP contribution in [0.1, 0.15) is 44.9 Å². The molecule has 5 N–H and O–H groups in total. The maximum Gasteiger partial charge on any atom is 0.337 e. The quantitative estimate of drug-likeness (QED) is 0.109. The summed E-state index contributed by atoms with van der Waals surface area (Å²) in [6.07, 6.45) is 0.245. The number of amides is 2. The summed E-state index contributed by atoms with van der Waals surface area (Å²) in [5.74, 6) is 0.216. The van der Waals surface area contributed by atoms with Gasteiger partial charge in [0.05, 0.1) is 31.5 Å². The van der Waals surface area contributed by atoms with Crippen LogP contribution in [0.15, 0.2) is 52.8 Å². The van der Waals surface area contributed by atoms with E-state index in [1.54, 1.807) is 37.3 Å². The van der Waals surface area contributed by atoms with Gasteiger partial charge in [-0.2, -0.15) is 5.10 Å². The van der Waals surface area contributed by atoms with Crippen LogP contribution in [0.3, 0.4) is 0 Å². The molecule has 1 aliphatic rings. The van der Waals surface area contributed by atoms with Crippen molar-refractivity contribution < 1.29 is 34.0 Å². The number of nitrogens with zero attached hydrogens (tertiary/aromatic N) is 2. The second-order valence-electron chi connectivity index (χ2n) is 8.83. The maximum absolute atomic E-state index is 12.4. The molecular weight excluding hydrogens is 518 g/mol. The van der Waals surface area contributed by atoms with E-state index in [0.717, 1.165) is 18.8 Å². The summed E-state index contributed by atoms with van der Waals surface area (Å²) in [5.41, 5.74) is 5.21. The summed E-state index contributed by atoms with van der Waals surface area (Å²) in [7, 11) is 1.27. The summed E-state index contributed by atoms with van der Waals surface area (Å²) >= 11 is 0. The Hall–Kier alpha value is -4.45. The van der Waals surface area contributed by atoms with Crippen molar-refractivity contribution in [3.63, 3.8) is 0 Å². The average molecular weight is 556 g/mol. The number of rotatable bonds is 13. The molecule has 2 aromatic carbocycles. The van der Waals surface area contributed by atoms with Gasteiger partial charge >= 0.3 is 12.0 Å². The van der Waals surface area contributed by atoms with Crippen LogP contribution in [0.25, 0.3) is 0 Å². The van der Waals surface area contributed by atoms with Gasteiger partial charge in [0.1, 0.15) is 12.4 Å². The number of hydrogen-bond acceptors (Lipinski definition) is 10. The number of hydrogen-bond donors (Lipinski definition) is 5. The number of esters is 1. The SMILES string of the molecule is CCOc1cc([C@H]2NC(=O)NC(C)=C2C(=O)OC)ccc1OC[C@@H](O)N/N=C\c1ccc(N(CC)CC)cc1O. The van der Waals surface area contributed by atoms with Gasteiger partial charge in [-0.05, 0) is 57.5 Å². The van der Waals surface area contributed by atoms with Crippen LogP contribution in [0.5, 0.6) is 17.2 Å². The molecule has 12 nitrogen and oxygen atoms in total. The summed E-state index contributed by atoms with van der Waals surface area (Å²) in [5, 5.41) is 30.0. The summed E-state index contributed by atoms with van der Waals surface area (Å²) in [6.45, 7) is 9.33. The molecule has 2 aromatic rings. The standard InChI is InChI=1S/C28H37N5O7/c1-6-33(7-2)20-11-9-19(21(34)14-20)15-29-32-24(35)16-40-22-12-10-18(13-23(22)39-8-3)26-25(27(36)38-5)17(4)30-28(37)31-26/h9-15,24,26,32,34-35H,6-8,16H2,1-5H3,(H2,30,31,37)/b29-15-/t24-,26-/m1/s1. The number of ether oxygens (including phenoxy) is 3. The number of aliphatic hydroxyl groups is 1. The number of aromatic hydroxyl groups is 1. The fourth-order valence-corrected chi connectivity index (χ4v) is 4.24. The molecule has 0 fully saturated rings. The molecule has 0 saturated carbocycles.